The molecule has 2 aromatic rings. The van der Waals surface area contributed by atoms with Crippen molar-refractivity contribution in [1.29, 1.82) is 0 Å². The summed E-state index contributed by atoms with van der Waals surface area (Å²) in [5.74, 6) is 0.539. The molecule has 3 nitrogen and oxygen atoms in total. The Hall–Kier alpha value is -1.74. The Balaban J connectivity index is 2.51. The lowest BCUT2D eigenvalue weighted by atomic mass is 10.2. The maximum Gasteiger partial charge on any atom is 0.356 e. The SMILES string of the molecule is Cc1cc(N(C)c2ccccc2)c(Cl)c(=O)o1. The van der Waals surface area contributed by atoms with E-state index in [2.05, 4.69) is 0 Å². The van der Waals surface area contributed by atoms with Gasteiger partial charge < -0.3 is 9.32 Å². The minimum atomic E-state index is -0.510. The van der Waals surface area contributed by atoms with E-state index in [-0.39, 0.29) is 5.02 Å². The van der Waals surface area contributed by atoms with Crippen molar-refractivity contribution >= 4 is 23.0 Å². The first kappa shape index (κ1) is 11.7. The molecule has 0 N–H and O–H groups in total. The van der Waals surface area contributed by atoms with Crippen LogP contribution in [0, 0.1) is 6.92 Å². The number of hydrogen-bond donors (Lipinski definition) is 0. The van der Waals surface area contributed by atoms with Crippen molar-refractivity contribution in [2.45, 2.75) is 6.92 Å². The fraction of sp³-hybridized carbons (Fsp3) is 0.154. The van der Waals surface area contributed by atoms with Crippen LogP contribution in [0.25, 0.3) is 0 Å². The quantitative estimate of drug-likeness (QED) is 0.818. The molecule has 0 aliphatic carbocycles. The molecular formula is C13H12ClNO2. The fourth-order valence-corrected chi connectivity index (χ4v) is 1.84. The van der Waals surface area contributed by atoms with E-state index in [4.69, 9.17) is 16.0 Å². The van der Waals surface area contributed by atoms with Crippen molar-refractivity contribution in [3.63, 3.8) is 0 Å². The van der Waals surface area contributed by atoms with E-state index in [1.165, 1.54) is 0 Å². The van der Waals surface area contributed by atoms with Crippen LogP contribution in [0.3, 0.4) is 0 Å². The third-order valence-electron chi connectivity index (χ3n) is 2.50. The molecule has 0 aliphatic heterocycles. The molecule has 0 unspecified atom stereocenters. The topological polar surface area (TPSA) is 33.5 Å². The van der Waals surface area contributed by atoms with E-state index in [0.717, 1.165) is 5.69 Å². The summed E-state index contributed by atoms with van der Waals surface area (Å²) in [7, 11) is 1.86. The van der Waals surface area contributed by atoms with Crippen LogP contribution in [0.2, 0.25) is 5.02 Å². The van der Waals surface area contributed by atoms with Crippen LogP contribution in [0.4, 0.5) is 11.4 Å². The molecule has 0 saturated heterocycles. The predicted molar refractivity (Wildman–Crippen MR) is 69.2 cm³/mol. The third kappa shape index (κ3) is 2.34. The largest absolute Gasteiger partial charge is 0.427 e. The van der Waals surface area contributed by atoms with Crippen molar-refractivity contribution in [3.05, 3.63) is 57.6 Å². The zero-order valence-corrected chi connectivity index (χ0v) is 10.4. The Kier molecular flexibility index (Phi) is 3.20. The fourth-order valence-electron chi connectivity index (χ4n) is 1.62. The number of para-hydroxylation sites is 1. The van der Waals surface area contributed by atoms with Crippen LogP contribution >= 0.6 is 11.6 Å². The molecule has 0 bridgehead atoms. The monoisotopic (exact) mass is 249 g/mol. The highest BCUT2D eigenvalue weighted by Gasteiger charge is 2.12. The Morgan fingerprint density at radius 1 is 1.24 bits per heavy atom. The van der Waals surface area contributed by atoms with Crippen LogP contribution in [0.1, 0.15) is 5.76 Å². The van der Waals surface area contributed by atoms with Crippen molar-refractivity contribution in [2.24, 2.45) is 0 Å². The van der Waals surface area contributed by atoms with Gasteiger partial charge in [0.2, 0.25) is 0 Å². The third-order valence-corrected chi connectivity index (χ3v) is 2.85. The summed E-state index contributed by atoms with van der Waals surface area (Å²) in [6.45, 7) is 1.72. The van der Waals surface area contributed by atoms with Gasteiger partial charge in [-0.05, 0) is 19.1 Å². The van der Waals surface area contributed by atoms with Crippen LogP contribution in [0.15, 0.2) is 45.6 Å². The Morgan fingerprint density at radius 3 is 2.53 bits per heavy atom. The van der Waals surface area contributed by atoms with Crippen molar-refractivity contribution in [3.8, 4) is 0 Å². The van der Waals surface area contributed by atoms with Crippen molar-refractivity contribution in [2.75, 3.05) is 11.9 Å². The van der Waals surface area contributed by atoms with Gasteiger partial charge in [-0.25, -0.2) is 4.79 Å². The van der Waals surface area contributed by atoms with Crippen molar-refractivity contribution in [1.82, 2.24) is 0 Å². The van der Waals surface area contributed by atoms with E-state index in [1.807, 2.05) is 42.3 Å². The summed E-state index contributed by atoms with van der Waals surface area (Å²) < 4.78 is 4.92. The summed E-state index contributed by atoms with van der Waals surface area (Å²) in [5, 5.41) is 0.0990. The first-order chi connectivity index (χ1) is 8.09. The van der Waals surface area contributed by atoms with Gasteiger partial charge in [-0.1, -0.05) is 29.8 Å². The Bertz CT molecular complexity index is 578. The minimum absolute atomic E-state index is 0.0990. The predicted octanol–water partition coefficient (Wildman–Crippen LogP) is 3.37. The van der Waals surface area contributed by atoms with Gasteiger partial charge in [0.1, 0.15) is 10.8 Å². The van der Waals surface area contributed by atoms with E-state index in [1.54, 1.807) is 13.0 Å². The van der Waals surface area contributed by atoms with Gasteiger partial charge in [-0.3, -0.25) is 0 Å². The van der Waals surface area contributed by atoms with E-state index in [0.29, 0.717) is 11.4 Å². The summed E-state index contributed by atoms with van der Waals surface area (Å²) in [6, 6.07) is 11.4. The molecule has 4 heteroatoms. The summed E-state index contributed by atoms with van der Waals surface area (Å²) in [6.07, 6.45) is 0. The Morgan fingerprint density at radius 2 is 1.88 bits per heavy atom. The van der Waals surface area contributed by atoms with E-state index >= 15 is 0 Å². The molecule has 0 atom stereocenters. The number of rotatable bonds is 2. The molecule has 0 spiro atoms. The van der Waals surface area contributed by atoms with Gasteiger partial charge in [-0.2, -0.15) is 0 Å². The standard InChI is InChI=1S/C13H12ClNO2/c1-9-8-11(12(14)13(16)17-9)15(2)10-6-4-3-5-7-10/h3-8H,1-2H3. The summed E-state index contributed by atoms with van der Waals surface area (Å²) in [5.41, 5.74) is 1.09. The van der Waals surface area contributed by atoms with Gasteiger partial charge in [0.15, 0.2) is 0 Å². The molecular weight excluding hydrogens is 238 g/mol. The highest BCUT2D eigenvalue weighted by molar-refractivity contribution is 6.33. The van der Waals surface area contributed by atoms with Gasteiger partial charge in [0.05, 0.1) is 5.69 Å². The van der Waals surface area contributed by atoms with Crippen molar-refractivity contribution < 1.29 is 4.42 Å². The van der Waals surface area contributed by atoms with Crippen LogP contribution in [0.5, 0.6) is 0 Å². The van der Waals surface area contributed by atoms with E-state index in [9.17, 15) is 4.79 Å². The minimum Gasteiger partial charge on any atom is -0.427 e. The summed E-state index contributed by atoms with van der Waals surface area (Å²) >= 11 is 5.96. The van der Waals surface area contributed by atoms with Gasteiger partial charge in [0.25, 0.3) is 0 Å². The summed E-state index contributed by atoms with van der Waals surface area (Å²) in [4.78, 5) is 13.3. The second-order valence-corrected chi connectivity index (χ2v) is 4.12. The molecule has 0 fully saturated rings. The smallest absolute Gasteiger partial charge is 0.356 e. The molecule has 0 amide bonds. The molecule has 1 aromatic carbocycles. The lowest BCUT2D eigenvalue weighted by molar-refractivity contribution is 0.481. The molecule has 1 heterocycles. The van der Waals surface area contributed by atoms with Gasteiger partial charge >= 0.3 is 5.63 Å². The number of anilines is 2. The molecule has 0 radical (unpaired) electrons. The zero-order valence-electron chi connectivity index (χ0n) is 9.61. The van der Waals surface area contributed by atoms with Gasteiger partial charge in [-0.15, -0.1) is 0 Å². The normalized spacial score (nSPS) is 10.3. The average Bonchev–Trinajstić information content (AvgIpc) is 2.34. The maximum atomic E-state index is 11.5. The maximum absolute atomic E-state index is 11.5. The van der Waals surface area contributed by atoms with Crippen LogP contribution < -0.4 is 10.5 Å². The van der Waals surface area contributed by atoms with Gasteiger partial charge in [0, 0.05) is 18.8 Å². The van der Waals surface area contributed by atoms with E-state index < -0.39 is 5.63 Å². The lowest BCUT2D eigenvalue weighted by Gasteiger charge is -2.20. The molecule has 1 aromatic heterocycles. The number of aryl methyl sites for hydroxylation is 1. The molecule has 0 aliphatic rings. The Labute approximate surface area is 104 Å². The number of hydrogen-bond acceptors (Lipinski definition) is 3. The highest BCUT2D eigenvalue weighted by atomic mass is 35.5. The second kappa shape index (κ2) is 4.63. The first-order valence-corrected chi connectivity index (χ1v) is 5.56. The highest BCUT2D eigenvalue weighted by Crippen LogP contribution is 2.28. The van der Waals surface area contributed by atoms with Crippen LogP contribution in [-0.4, -0.2) is 7.05 Å². The molecule has 88 valence electrons. The second-order valence-electron chi connectivity index (χ2n) is 3.74. The lowest BCUT2D eigenvalue weighted by Crippen LogP contribution is -2.14. The zero-order chi connectivity index (χ0) is 12.4. The van der Waals surface area contributed by atoms with Crippen LogP contribution in [-0.2, 0) is 0 Å². The molecule has 0 saturated carbocycles. The first-order valence-electron chi connectivity index (χ1n) is 5.18. The molecule has 17 heavy (non-hydrogen) atoms. The average molecular weight is 250 g/mol. The number of nitrogens with zero attached hydrogens (tertiary/aromatic N) is 1. The molecule has 2 rings (SSSR count). The number of halogens is 1. The number of benzene rings is 1.